The number of nitrogens with one attached hydrogen (secondary N) is 1. The van der Waals surface area contributed by atoms with Crippen molar-refractivity contribution in [3.05, 3.63) is 54.1 Å². The van der Waals surface area contributed by atoms with Crippen LogP contribution in [0, 0.1) is 6.92 Å². The Morgan fingerprint density at radius 2 is 1.89 bits per heavy atom. The van der Waals surface area contributed by atoms with Crippen LogP contribution in [-0.2, 0) is 4.79 Å². The number of carbonyl (C=O) groups excluding carboxylic acids is 1. The number of thioether (sulfide) groups is 1. The zero-order valence-corrected chi connectivity index (χ0v) is 17.3. The molecule has 0 fully saturated rings. The maximum atomic E-state index is 12.2. The minimum atomic E-state index is -0.293. The van der Waals surface area contributed by atoms with Crippen LogP contribution < -0.4 is 10.1 Å². The number of ether oxygens (including phenoxy) is 1. The molecule has 28 heavy (non-hydrogen) atoms. The molecule has 0 spiro atoms. The summed E-state index contributed by atoms with van der Waals surface area (Å²) in [5.41, 5.74) is 2.94. The Balaban J connectivity index is 2.09. The van der Waals surface area contributed by atoms with E-state index in [9.17, 15) is 4.79 Å². The van der Waals surface area contributed by atoms with Gasteiger partial charge in [0.05, 0.1) is 17.9 Å². The first-order valence-electron chi connectivity index (χ1n) is 9.15. The normalized spacial score (nSPS) is 11.9. The largest absolute Gasteiger partial charge is 0.496 e. The summed E-state index contributed by atoms with van der Waals surface area (Å²) in [6, 6.07) is 15.9. The van der Waals surface area contributed by atoms with Gasteiger partial charge in [-0.3, -0.25) is 9.36 Å². The SMILES string of the molecule is CCNC(=O)C(C)Sc1nnc(-c2ccccc2OC)n1-c1ccc(C)cc1. The Hall–Kier alpha value is -2.80. The molecule has 1 aromatic heterocycles. The van der Waals surface area contributed by atoms with Crippen LogP contribution in [0.3, 0.4) is 0 Å². The molecule has 0 aliphatic carbocycles. The molecule has 1 amide bonds. The molecule has 146 valence electrons. The maximum Gasteiger partial charge on any atom is 0.233 e. The van der Waals surface area contributed by atoms with Crippen LogP contribution in [0.5, 0.6) is 5.75 Å². The van der Waals surface area contributed by atoms with E-state index < -0.39 is 0 Å². The van der Waals surface area contributed by atoms with E-state index in [2.05, 4.69) is 15.5 Å². The number of hydrogen-bond donors (Lipinski definition) is 1. The summed E-state index contributed by atoms with van der Waals surface area (Å²) >= 11 is 1.38. The fourth-order valence-electron chi connectivity index (χ4n) is 2.81. The number of benzene rings is 2. The van der Waals surface area contributed by atoms with Crippen molar-refractivity contribution in [1.82, 2.24) is 20.1 Å². The fraction of sp³-hybridized carbons (Fsp3) is 0.286. The summed E-state index contributed by atoms with van der Waals surface area (Å²) in [6.07, 6.45) is 0. The van der Waals surface area contributed by atoms with Crippen LogP contribution in [0.4, 0.5) is 0 Å². The lowest BCUT2D eigenvalue weighted by molar-refractivity contribution is -0.120. The Labute approximate surface area is 169 Å². The number of carbonyl (C=O) groups is 1. The highest BCUT2D eigenvalue weighted by Gasteiger charge is 2.22. The van der Waals surface area contributed by atoms with E-state index in [0.717, 1.165) is 17.0 Å². The van der Waals surface area contributed by atoms with E-state index in [0.29, 0.717) is 17.5 Å². The molecule has 2 aromatic carbocycles. The summed E-state index contributed by atoms with van der Waals surface area (Å²) in [6.45, 7) is 6.42. The molecule has 0 saturated carbocycles. The molecule has 0 saturated heterocycles. The van der Waals surface area contributed by atoms with Crippen molar-refractivity contribution in [2.75, 3.05) is 13.7 Å². The number of hydrogen-bond acceptors (Lipinski definition) is 5. The summed E-state index contributed by atoms with van der Waals surface area (Å²) in [5, 5.41) is 12.0. The molecule has 7 heteroatoms. The van der Waals surface area contributed by atoms with Crippen molar-refractivity contribution >= 4 is 17.7 Å². The number of rotatable bonds is 7. The quantitative estimate of drug-likeness (QED) is 0.614. The van der Waals surface area contributed by atoms with Crippen LogP contribution in [0.15, 0.2) is 53.7 Å². The lowest BCUT2D eigenvalue weighted by Gasteiger charge is -2.14. The minimum Gasteiger partial charge on any atom is -0.496 e. The van der Waals surface area contributed by atoms with Crippen LogP contribution in [0.1, 0.15) is 19.4 Å². The third-order valence-electron chi connectivity index (χ3n) is 4.28. The molecule has 0 radical (unpaired) electrons. The van der Waals surface area contributed by atoms with Gasteiger partial charge in [0, 0.05) is 12.2 Å². The second kappa shape index (κ2) is 8.93. The Morgan fingerprint density at radius 1 is 1.18 bits per heavy atom. The summed E-state index contributed by atoms with van der Waals surface area (Å²) < 4.78 is 7.49. The predicted octanol–water partition coefficient (Wildman–Crippen LogP) is 3.87. The van der Waals surface area contributed by atoms with Gasteiger partial charge < -0.3 is 10.1 Å². The highest BCUT2D eigenvalue weighted by molar-refractivity contribution is 8.00. The number of nitrogens with zero attached hydrogens (tertiary/aromatic N) is 3. The maximum absolute atomic E-state index is 12.2. The number of amides is 1. The van der Waals surface area contributed by atoms with Gasteiger partial charge in [-0.15, -0.1) is 10.2 Å². The number of para-hydroxylation sites is 1. The molecule has 1 unspecified atom stereocenters. The van der Waals surface area contributed by atoms with Crippen molar-refractivity contribution in [2.24, 2.45) is 0 Å². The minimum absolute atomic E-state index is 0.0233. The van der Waals surface area contributed by atoms with Crippen molar-refractivity contribution in [3.8, 4) is 22.8 Å². The van der Waals surface area contributed by atoms with Gasteiger partial charge in [0.1, 0.15) is 5.75 Å². The van der Waals surface area contributed by atoms with Gasteiger partial charge in [-0.05, 0) is 45.0 Å². The summed E-state index contributed by atoms with van der Waals surface area (Å²) in [5.74, 6) is 1.37. The van der Waals surface area contributed by atoms with Gasteiger partial charge >= 0.3 is 0 Å². The van der Waals surface area contributed by atoms with E-state index in [1.807, 2.05) is 73.9 Å². The van der Waals surface area contributed by atoms with Gasteiger partial charge in [0.15, 0.2) is 11.0 Å². The molecule has 3 rings (SSSR count). The molecule has 3 aromatic rings. The van der Waals surface area contributed by atoms with E-state index >= 15 is 0 Å². The molecular weight excluding hydrogens is 372 g/mol. The van der Waals surface area contributed by atoms with Gasteiger partial charge in [-0.2, -0.15) is 0 Å². The lowest BCUT2D eigenvalue weighted by atomic mass is 10.1. The zero-order chi connectivity index (χ0) is 20.1. The van der Waals surface area contributed by atoms with E-state index in [4.69, 9.17) is 4.74 Å². The molecule has 0 bridgehead atoms. The van der Waals surface area contributed by atoms with Crippen molar-refractivity contribution in [3.63, 3.8) is 0 Å². The fourth-order valence-corrected chi connectivity index (χ4v) is 3.70. The smallest absolute Gasteiger partial charge is 0.233 e. The van der Waals surface area contributed by atoms with Crippen molar-refractivity contribution < 1.29 is 9.53 Å². The van der Waals surface area contributed by atoms with Gasteiger partial charge in [0.25, 0.3) is 0 Å². The molecule has 0 aliphatic rings. The van der Waals surface area contributed by atoms with Gasteiger partial charge in [-0.1, -0.05) is 41.6 Å². The number of aryl methyl sites for hydroxylation is 1. The first-order chi connectivity index (χ1) is 13.5. The summed E-state index contributed by atoms with van der Waals surface area (Å²) in [7, 11) is 1.64. The standard InChI is InChI=1S/C21H24N4O2S/c1-5-22-20(26)15(3)28-21-24-23-19(17-8-6-7-9-18(17)27-4)25(21)16-12-10-14(2)11-13-16/h6-13,15H,5H2,1-4H3,(H,22,26). The third-order valence-corrected chi connectivity index (χ3v) is 5.32. The first-order valence-corrected chi connectivity index (χ1v) is 10.0. The first kappa shape index (κ1) is 19.9. The zero-order valence-electron chi connectivity index (χ0n) is 16.5. The lowest BCUT2D eigenvalue weighted by Crippen LogP contribution is -2.30. The van der Waals surface area contributed by atoms with Crippen LogP contribution >= 0.6 is 11.8 Å². The number of aromatic nitrogens is 3. The highest BCUT2D eigenvalue weighted by Crippen LogP contribution is 2.34. The molecular formula is C21H24N4O2S. The van der Waals surface area contributed by atoms with Gasteiger partial charge in [0.2, 0.25) is 5.91 Å². The van der Waals surface area contributed by atoms with Crippen LogP contribution in [-0.4, -0.2) is 39.6 Å². The average molecular weight is 397 g/mol. The molecule has 1 N–H and O–H groups in total. The molecule has 0 aliphatic heterocycles. The van der Waals surface area contributed by atoms with E-state index in [-0.39, 0.29) is 11.2 Å². The number of methoxy groups -OCH3 is 1. The van der Waals surface area contributed by atoms with E-state index in [1.54, 1.807) is 7.11 Å². The highest BCUT2D eigenvalue weighted by atomic mass is 32.2. The second-order valence-electron chi connectivity index (χ2n) is 6.33. The molecule has 1 atom stereocenters. The van der Waals surface area contributed by atoms with Crippen LogP contribution in [0.25, 0.3) is 17.1 Å². The van der Waals surface area contributed by atoms with Crippen LogP contribution in [0.2, 0.25) is 0 Å². The Morgan fingerprint density at radius 3 is 2.57 bits per heavy atom. The topological polar surface area (TPSA) is 69.0 Å². The Bertz CT molecular complexity index is 953. The van der Waals surface area contributed by atoms with E-state index in [1.165, 1.54) is 17.3 Å². The summed E-state index contributed by atoms with van der Waals surface area (Å²) in [4.78, 5) is 12.2. The Kier molecular flexibility index (Phi) is 6.36. The molecule has 6 nitrogen and oxygen atoms in total. The second-order valence-corrected chi connectivity index (χ2v) is 7.64. The average Bonchev–Trinajstić information content (AvgIpc) is 3.12. The van der Waals surface area contributed by atoms with Crippen molar-refractivity contribution in [2.45, 2.75) is 31.2 Å². The van der Waals surface area contributed by atoms with Gasteiger partial charge in [-0.25, -0.2) is 0 Å². The molecule has 1 heterocycles. The van der Waals surface area contributed by atoms with Crippen molar-refractivity contribution in [1.29, 1.82) is 0 Å². The monoisotopic (exact) mass is 396 g/mol. The predicted molar refractivity (Wildman–Crippen MR) is 112 cm³/mol. The third kappa shape index (κ3) is 4.20.